The fraction of sp³-hybridized carbons (Fsp3) is 0.0833. The van der Waals surface area contributed by atoms with Crippen molar-refractivity contribution in [3.8, 4) is 11.5 Å². The molecule has 154 valence electrons. The highest BCUT2D eigenvalue weighted by Gasteiger charge is 2.12. The molecule has 0 aliphatic rings. The number of rotatable bonds is 5. The van der Waals surface area contributed by atoms with Gasteiger partial charge in [-0.15, -0.1) is 0 Å². The Labute approximate surface area is 180 Å². The quantitative estimate of drug-likeness (QED) is 0.418. The van der Waals surface area contributed by atoms with Crippen LogP contribution in [-0.4, -0.2) is 16.5 Å². The Kier molecular flexibility index (Phi) is 4.88. The van der Waals surface area contributed by atoms with E-state index in [2.05, 4.69) is 4.98 Å². The average Bonchev–Trinajstić information content (AvgIpc) is 3.30. The number of thiazole rings is 1. The Morgan fingerprint density at radius 2 is 1.90 bits per heavy atom. The van der Waals surface area contributed by atoms with E-state index in [4.69, 9.17) is 9.47 Å². The van der Waals surface area contributed by atoms with Crippen molar-refractivity contribution in [1.29, 1.82) is 0 Å². The summed E-state index contributed by atoms with van der Waals surface area (Å²) in [6, 6.07) is 19.3. The minimum absolute atomic E-state index is 0.0719. The summed E-state index contributed by atoms with van der Waals surface area (Å²) in [6.45, 7) is 0.0719. The number of benzene rings is 3. The smallest absolute Gasteiger partial charge is 0.274 e. The van der Waals surface area contributed by atoms with Gasteiger partial charge in [0.25, 0.3) is 5.56 Å². The van der Waals surface area contributed by atoms with Crippen LogP contribution in [0.1, 0.15) is 11.1 Å². The van der Waals surface area contributed by atoms with Gasteiger partial charge in [0.2, 0.25) is 0 Å². The van der Waals surface area contributed by atoms with Crippen LogP contribution in [0, 0.1) is 5.82 Å². The molecule has 0 unspecified atom stereocenters. The summed E-state index contributed by atoms with van der Waals surface area (Å²) in [5.41, 5.74) is 2.54. The number of aromatic nitrogens is 2. The van der Waals surface area contributed by atoms with Crippen molar-refractivity contribution in [1.82, 2.24) is 9.38 Å². The first-order valence-corrected chi connectivity index (χ1v) is 10.4. The zero-order chi connectivity index (χ0) is 21.4. The second kappa shape index (κ2) is 7.85. The van der Waals surface area contributed by atoms with Crippen molar-refractivity contribution in [2.24, 2.45) is 0 Å². The summed E-state index contributed by atoms with van der Waals surface area (Å²) >= 11 is 1.31. The van der Waals surface area contributed by atoms with E-state index < -0.39 is 0 Å². The van der Waals surface area contributed by atoms with Crippen LogP contribution in [0.2, 0.25) is 0 Å². The Morgan fingerprint density at radius 1 is 1.10 bits per heavy atom. The number of ether oxygens (including phenoxy) is 2. The van der Waals surface area contributed by atoms with Crippen LogP contribution in [-0.2, 0) is 6.61 Å². The monoisotopic (exact) mass is 432 g/mol. The SMILES string of the molecule is COc1ccc(OCc2ccccc2F)c(/C=c2\sc3nc4ccccc4n3c2=O)c1. The third-order valence-electron chi connectivity index (χ3n) is 4.99. The molecule has 31 heavy (non-hydrogen) atoms. The van der Waals surface area contributed by atoms with Crippen molar-refractivity contribution in [3.63, 3.8) is 0 Å². The van der Waals surface area contributed by atoms with Crippen LogP contribution in [0.25, 0.3) is 22.1 Å². The molecule has 5 rings (SSSR count). The highest BCUT2D eigenvalue weighted by Crippen LogP contribution is 2.26. The predicted octanol–water partition coefficient (Wildman–Crippen LogP) is 4.18. The highest BCUT2D eigenvalue weighted by atomic mass is 32.1. The van der Waals surface area contributed by atoms with E-state index in [1.807, 2.05) is 24.3 Å². The van der Waals surface area contributed by atoms with Crippen LogP contribution in [0.5, 0.6) is 11.5 Å². The van der Waals surface area contributed by atoms with Crippen molar-refractivity contribution in [3.05, 3.63) is 98.6 Å². The molecule has 5 aromatic rings. The highest BCUT2D eigenvalue weighted by molar-refractivity contribution is 7.15. The molecule has 0 bridgehead atoms. The van der Waals surface area contributed by atoms with Crippen LogP contribution in [0.15, 0.2) is 71.5 Å². The van der Waals surface area contributed by atoms with E-state index in [1.54, 1.807) is 54.0 Å². The molecule has 0 saturated carbocycles. The lowest BCUT2D eigenvalue weighted by atomic mass is 10.1. The standard InChI is InChI=1S/C24H17FN2O3S/c1-29-17-10-11-21(30-14-15-6-2-3-7-18(15)25)16(12-17)13-22-23(28)27-20-9-5-4-8-19(20)26-24(27)31-22/h2-13H,14H2,1H3/b22-13-. The van der Waals surface area contributed by atoms with Crippen molar-refractivity contribution in [2.45, 2.75) is 6.61 Å². The molecule has 0 atom stereocenters. The van der Waals surface area contributed by atoms with E-state index in [0.717, 1.165) is 11.0 Å². The Hall–Kier alpha value is -3.71. The fourth-order valence-electron chi connectivity index (χ4n) is 3.42. The zero-order valence-corrected chi connectivity index (χ0v) is 17.4. The lowest BCUT2D eigenvalue weighted by molar-refractivity contribution is 0.298. The van der Waals surface area contributed by atoms with Crippen molar-refractivity contribution >= 4 is 33.4 Å². The average molecular weight is 432 g/mol. The summed E-state index contributed by atoms with van der Waals surface area (Å²) in [5, 5.41) is 0. The second-order valence-corrected chi connectivity index (χ2v) is 7.93. The summed E-state index contributed by atoms with van der Waals surface area (Å²) in [6.07, 6.45) is 1.76. The molecule has 3 aromatic carbocycles. The van der Waals surface area contributed by atoms with E-state index >= 15 is 0 Å². The fourth-order valence-corrected chi connectivity index (χ4v) is 4.40. The van der Waals surface area contributed by atoms with Crippen molar-refractivity contribution in [2.75, 3.05) is 7.11 Å². The van der Waals surface area contributed by atoms with Crippen LogP contribution in [0.4, 0.5) is 4.39 Å². The topological polar surface area (TPSA) is 52.8 Å². The number of halogens is 1. The first-order chi connectivity index (χ1) is 15.1. The molecule has 2 heterocycles. The lowest BCUT2D eigenvalue weighted by Gasteiger charge is -2.11. The predicted molar refractivity (Wildman–Crippen MR) is 119 cm³/mol. The molecule has 0 radical (unpaired) electrons. The molecule has 0 aliphatic carbocycles. The molecule has 2 aromatic heterocycles. The van der Waals surface area contributed by atoms with Gasteiger partial charge >= 0.3 is 0 Å². The van der Waals surface area contributed by atoms with Gasteiger partial charge in [0.05, 0.1) is 22.7 Å². The normalized spacial score (nSPS) is 12.0. The number of fused-ring (bicyclic) bond motifs is 3. The van der Waals surface area contributed by atoms with Gasteiger partial charge in [-0.2, -0.15) is 0 Å². The van der Waals surface area contributed by atoms with E-state index in [1.165, 1.54) is 17.4 Å². The third kappa shape index (κ3) is 3.53. The molecular formula is C24H17FN2O3S. The summed E-state index contributed by atoms with van der Waals surface area (Å²) in [7, 11) is 1.57. The van der Waals surface area contributed by atoms with E-state index in [9.17, 15) is 9.18 Å². The minimum atomic E-state index is -0.324. The van der Waals surface area contributed by atoms with Gasteiger partial charge in [-0.3, -0.25) is 4.79 Å². The number of methoxy groups -OCH3 is 1. The van der Waals surface area contributed by atoms with Gasteiger partial charge in [-0.05, 0) is 42.5 Å². The van der Waals surface area contributed by atoms with Gasteiger partial charge in [-0.1, -0.05) is 41.7 Å². The van der Waals surface area contributed by atoms with E-state index in [-0.39, 0.29) is 18.0 Å². The first kappa shape index (κ1) is 19.3. The van der Waals surface area contributed by atoms with Crippen LogP contribution in [0.3, 0.4) is 0 Å². The summed E-state index contributed by atoms with van der Waals surface area (Å²) in [5.74, 6) is 0.831. The maximum atomic E-state index is 14.0. The van der Waals surface area contributed by atoms with Gasteiger partial charge in [0.15, 0.2) is 4.96 Å². The molecule has 0 spiro atoms. The molecule has 0 N–H and O–H groups in total. The second-order valence-electron chi connectivity index (χ2n) is 6.92. The Morgan fingerprint density at radius 3 is 2.74 bits per heavy atom. The number of imidazole rings is 1. The third-order valence-corrected chi connectivity index (χ3v) is 5.96. The molecule has 0 amide bonds. The van der Waals surface area contributed by atoms with Gasteiger partial charge in [0.1, 0.15) is 23.9 Å². The molecule has 5 nitrogen and oxygen atoms in total. The van der Waals surface area contributed by atoms with Crippen LogP contribution < -0.4 is 19.6 Å². The number of hydrogen-bond acceptors (Lipinski definition) is 5. The minimum Gasteiger partial charge on any atom is -0.497 e. The molecule has 0 fully saturated rings. The Balaban J connectivity index is 1.59. The lowest BCUT2D eigenvalue weighted by Crippen LogP contribution is -2.22. The van der Waals surface area contributed by atoms with Crippen molar-refractivity contribution < 1.29 is 13.9 Å². The van der Waals surface area contributed by atoms with E-state index in [0.29, 0.717) is 32.1 Å². The van der Waals surface area contributed by atoms with Gasteiger partial charge in [0, 0.05) is 11.1 Å². The Bertz CT molecular complexity index is 1520. The summed E-state index contributed by atoms with van der Waals surface area (Å²) in [4.78, 5) is 18.3. The number of para-hydroxylation sites is 2. The van der Waals surface area contributed by atoms with Crippen LogP contribution >= 0.6 is 11.3 Å². The maximum absolute atomic E-state index is 14.0. The molecular weight excluding hydrogens is 415 g/mol. The largest absolute Gasteiger partial charge is 0.497 e. The summed E-state index contributed by atoms with van der Waals surface area (Å²) < 4.78 is 27.3. The number of hydrogen-bond donors (Lipinski definition) is 0. The number of nitrogens with zero attached hydrogens (tertiary/aromatic N) is 2. The maximum Gasteiger partial charge on any atom is 0.274 e. The molecule has 0 aliphatic heterocycles. The van der Waals surface area contributed by atoms with Gasteiger partial charge in [-0.25, -0.2) is 13.8 Å². The first-order valence-electron chi connectivity index (χ1n) is 9.60. The van der Waals surface area contributed by atoms with Gasteiger partial charge < -0.3 is 9.47 Å². The molecule has 0 saturated heterocycles. The molecule has 7 heteroatoms. The zero-order valence-electron chi connectivity index (χ0n) is 16.5.